The van der Waals surface area contributed by atoms with E-state index in [0.717, 1.165) is 33.4 Å². The Labute approximate surface area is 171 Å². The minimum atomic E-state index is -0.233. The Morgan fingerprint density at radius 1 is 1.17 bits per heavy atom. The summed E-state index contributed by atoms with van der Waals surface area (Å²) >= 11 is 0. The highest BCUT2D eigenvalue weighted by Gasteiger charge is 2.23. The minimum Gasteiger partial charge on any atom is -0.383 e. The maximum atomic E-state index is 9.37. The van der Waals surface area contributed by atoms with Gasteiger partial charge in [0.2, 0.25) is 0 Å². The average molecular weight is 395 g/mol. The Kier molecular flexibility index (Phi) is 3.93. The van der Waals surface area contributed by atoms with E-state index in [1.165, 1.54) is 6.33 Å². The quantitative estimate of drug-likeness (QED) is 0.498. The van der Waals surface area contributed by atoms with Crippen LogP contribution in [0.15, 0.2) is 49.1 Å². The molecule has 1 unspecified atom stereocenters. The first-order valence-corrected chi connectivity index (χ1v) is 9.37. The number of fused-ring (bicyclic) bond motifs is 2. The van der Waals surface area contributed by atoms with Gasteiger partial charge in [-0.15, -0.1) is 0 Å². The summed E-state index contributed by atoms with van der Waals surface area (Å²) in [5.74, 6) is 0.403. The number of nitrogens with two attached hydrogens (primary N) is 1. The second-order valence-electron chi connectivity index (χ2n) is 7.02. The van der Waals surface area contributed by atoms with Crippen LogP contribution in [0, 0.1) is 18.3 Å². The van der Waals surface area contributed by atoms with Crippen LogP contribution in [0.1, 0.15) is 29.9 Å². The molecule has 4 heterocycles. The molecule has 1 atom stereocenters. The first-order chi connectivity index (χ1) is 14.6. The van der Waals surface area contributed by atoms with Crippen molar-refractivity contribution >= 4 is 27.8 Å². The van der Waals surface area contributed by atoms with Gasteiger partial charge in [-0.1, -0.05) is 0 Å². The van der Waals surface area contributed by atoms with Crippen LogP contribution in [0.3, 0.4) is 0 Å². The highest BCUT2D eigenvalue weighted by molar-refractivity contribution is 5.89. The van der Waals surface area contributed by atoms with Gasteiger partial charge in [-0.2, -0.15) is 15.5 Å². The van der Waals surface area contributed by atoms with Gasteiger partial charge in [0.1, 0.15) is 12.1 Å². The molecule has 0 fully saturated rings. The first-order valence-electron chi connectivity index (χ1n) is 9.37. The van der Waals surface area contributed by atoms with Crippen molar-refractivity contribution in [2.45, 2.75) is 19.9 Å². The molecule has 1 aromatic carbocycles. The van der Waals surface area contributed by atoms with Gasteiger partial charge in [0.25, 0.3) is 0 Å². The van der Waals surface area contributed by atoms with Gasteiger partial charge in [0.15, 0.2) is 5.65 Å². The SMILES string of the molecule is Cc1nn(C(C)c2nn(-c3cccnc3)c3cc(C#N)ccc23)c2ncnc(N)c12. The molecular formula is C21H17N9. The maximum Gasteiger partial charge on any atom is 0.164 e. The fourth-order valence-electron chi connectivity index (χ4n) is 3.75. The van der Waals surface area contributed by atoms with Gasteiger partial charge < -0.3 is 5.73 Å². The predicted octanol–water partition coefficient (Wildman–Crippen LogP) is 2.93. The summed E-state index contributed by atoms with van der Waals surface area (Å²) in [6.07, 6.45) is 4.89. The van der Waals surface area contributed by atoms with Crippen molar-refractivity contribution < 1.29 is 0 Å². The standard InChI is InChI=1S/C21H17N9/c1-12-18-20(23)25-11-26-21(18)29(27-12)13(2)19-16-6-5-14(9-22)8-17(16)30(28-19)15-4-3-7-24-10-15/h3-8,10-11,13H,1-2H3,(H2,23,25,26). The number of pyridine rings is 1. The predicted molar refractivity (Wildman–Crippen MR) is 112 cm³/mol. The molecule has 146 valence electrons. The highest BCUT2D eigenvalue weighted by atomic mass is 15.4. The second-order valence-corrected chi connectivity index (χ2v) is 7.02. The van der Waals surface area contributed by atoms with Gasteiger partial charge in [-0.3, -0.25) is 4.98 Å². The van der Waals surface area contributed by atoms with Crippen LogP contribution in [0.25, 0.3) is 27.6 Å². The number of aromatic nitrogens is 7. The summed E-state index contributed by atoms with van der Waals surface area (Å²) in [7, 11) is 0. The monoisotopic (exact) mass is 395 g/mol. The van der Waals surface area contributed by atoms with Crippen molar-refractivity contribution in [2.75, 3.05) is 5.73 Å². The zero-order valence-electron chi connectivity index (χ0n) is 16.4. The number of anilines is 1. The Balaban J connectivity index is 1.76. The third-order valence-corrected chi connectivity index (χ3v) is 5.18. The van der Waals surface area contributed by atoms with E-state index in [1.807, 2.05) is 42.8 Å². The maximum absolute atomic E-state index is 9.37. The molecule has 0 aliphatic carbocycles. The second kappa shape index (κ2) is 6.63. The molecule has 0 radical (unpaired) electrons. The fourth-order valence-corrected chi connectivity index (χ4v) is 3.75. The van der Waals surface area contributed by atoms with Crippen molar-refractivity contribution in [3.63, 3.8) is 0 Å². The van der Waals surface area contributed by atoms with Gasteiger partial charge in [-0.25, -0.2) is 19.3 Å². The third kappa shape index (κ3) is 2.58. The van der Waals surface area contributed by atoms with E-state index in [0.29, 0.717) is 17.0 Å². The minimum absolute atomic E-state index is 0.233. The molecule has 0 bridgehead atoms. The largest absolute Gasteiger partial charge is 0.383 e. The summed E-state index contributed by atoms with van der Waals surface area (Å²) in [4.78, 5) is 12.7. The molecule has 9 heteroatoms. The molecule has 0 aliphatic heterocycles. The van der Waals surface area contributed by atoms with Crippen molar-refractivity contribution in [3.05, 3.63) is 66.0 Å². The zero-order valence-corrected chi connectivity index (χ0v) is 16.4. The molecule has 30 heavy (non-hydrogen) atoms. The first kappa shape index (κ1) is 17.8. The molecule has 4 aromatic heterocycles. The lowest BCUT2D eigenvalue weighted by Gasteiger charge is -2.11. The number of nitriles is 1. The number of hydrogen-bond acceptors (Lipinski definition) is 7. The van der Waals surface area contributed by atoms with Crippen LogP contribution in [-0.4, -0.2) is 34.5 Å². The van der Waals surface area contributed by atoms with Crippen LogP contribution >= 0.6 is 0 Å². The lowest BCUT2D eigenvalue weighted by Crippen LogP contribution is -2.11. The lowest BCUT2D eigenvalue weighted by molar-refractivity contribution is 0.559. The average Bonchev–Trinajstić information content (AvgIpc) is 3.32. The molecule has 0 saturated heterocycles. The molecule has 5 aromatic rings. The molecule has 0 saturated carbocycles. The smallest absolute Gasteiger partial charge is 0.164 e. The fraction of sp³-hybridized carbons (Fsp3) is 0.143. The molecule has 5 rings (SSSR count). The van der Waals surface area contributed by atoms with E-state index in [9.17, 15) is 5.26 Å². The molecular weight excluding hydrogens is 378 g/mol. The van der Waals surface area contributed by atoms with E-state index in [4.69, 9.17) is 10.8 Å². The van der Waals surface area contributed by atoms with Crippen molar-refractivity contribution in [2.24, 2.45) is 0 Å². The normalized spacial score (nSPS) is 12.3. The van der Waals surface area contributed by atoms with Crippen LogP contribution < -0.4 is 5.73 Å². The molecule has 2 N–H and O–H groups in total. The van der Waals surface area contributed by atoms with Crippen LogP contribution in [0.5, 0.6) is 0 Å². The Morgan fingerprint density at radius 3 is 2.80 bits per heavy atom. The van der Waals surface area contributed by atoms with Gasteiger partial charge in [0.05, 0.1) is 51.8 Å². The van der Waals surface area contributed by atoms with Gasteiger partial charge >= 0.3 is 0 Å². The summed E-state index contributed by atoms with van der Waals surface area (Å²) in [6, 6.07) is 11.3. The summed E-state index contributed by atoms with van der Waals surface area (Å²) < 4.78 is 3.62. The van der Waals surface area contributed by atoms with E-state index in [-0.39, 0.29) is 6.04 Å². The highest BCUT2D eigenvalue weighted by Crippen LogP contribution is 2.31. The number of hydrogen-bond donors (Lipinski definition) is 1. The van der Waals surface area contributed by atoms with E-state index >= 15 is 0 Å². The van der Waals surface area contributed by atoms with Crippen LogP contribution in [-0.2, 0) is 0 Å². The molecule has 9 nitrogen and oxygen atoms in total. The van der Waals surface area contributed by atoms with Gasteiger partial charge in [-0.05, 0) is 44.2 Å². The number of nitrogens with zero attached hydrogens (tertiary/aromatic N) is 8. The van der Waals surface area contributed by atoms with Gasteiger partial charge in [0, 0.05) is 11.6 Å². The summed E-state index contributed by atoms with van der Waals surface area (Å²) in [5, 5.41) is 20.6. The molecule has 0 amide bonds. The van der Waals surface area contributed by atoms with Crippen molar-refractivity contribution in [1.82, 2.24) is 34.5 Å². The van der Waals surface area contributed by atoms with E-state index in [1.54, 1.807) is 23.1 Å². The zero-order chi connectivity index (χ0) is 20.8. The summed E-state index contributed by atoms with van der Waals surface area (Å²) in [5.41, 5.74) is 10.5. The third-order valence-electron chi connectivity index (χ3n) is 5.18. The Hall–Kier alpha value is -4.32. The number of benzene rings is 1. The number of aryl methyl sites for hydroxylation is 1. The van der Waals surface area contributed by atoms with Crippen molar-refractivity contribution in [1.29, 1.82) is 5.26 Å². The molecule has 0 aliphatic rings. The number of nitrogen functional groups attached to an aromatic ring is 1. The number of rotatable bonds is 3. The van der Waals surface area contributed by atoms with E-state index in [2.05, 4.69) is 26.1 Å². The van der Waals surface area contributed by atoms with E-state index < -0.39 is 0 Å². The Bertz CT molecular complexity index is 1440. The lowest BCUT2D eigenvalue weighted by atomic mass is 10.1. The van der Waals surface area contributed by atoms with Crippen LogP contribution in [0.4, 0.5) is 5.82 Å². The van der Waals surface area contributed by atoms with Crippen LogP contribution in [0.2, 0.25) is 0 Å². The summed E-state index contributed by atoms with van der Waals surface area (Å²) in [6.45, 7) is 3.90. The Morgan fingerprint density at radius 2 is 2.03 bits per heavy atom. The van der Waals surface area contributed by atoms with Crippen molar-refractivity contribution in [3.8, 4) is 11.8 Å². The molecule has 0 spiro atoms. The topological polar surface area (TPSA) is 124 Å².